The van der Waals surface area contributed by atoms with E-state index in [0.29, 0.717) is 0 Å². The third kappa shape index (κ3) is 4.08. The largest absolute Gasteiger partial charge is 0.350 e. The van der Waals surface area contributed by atoms with Crippen LogP contribution in [0.5, 0.6) is 0 Å². The van der Waals surface area contributed by atoms with E-state index in [1.54, 1.807) is 11.3 Å². The number of thiazole rings is 1. The van der Waals surface area contributed by atoms with E-state index in [1.807, 2.05) is 13.2 Å². The second-order valence-corrected chi connectivity index (χ2v) is 5.37. The van der Waals surface area contributed by atoms with Gasteiger partial charge in [-0.2, -0.15) is 0 Å². The Kier molecular flexibility index (Phi) is 6.91. The van der Waals surface area contributed by atoms with Crippen molar-refractivity contribution in [1.29, 1.82) is 0 Å². The van der Waals surface area contributed by atoms with E-state index in [2.05, 4.69) is 27.1 Å². The summed E-state index contributed by atoms with van der Waals surface area (Å²) in [7, 11) is 1.85. The summed E-state index contributed by atoms with van der Waals surface area (Å²) in [6, 6.07) is 0. The van der Waals surface area contributed by atoms with Gasteiger partial charge >= 0.3 is 0 Å². The van der Waals surface area contributed by atoms with Crippen LogP contribution in [0.1, 0.15) is 29.7 Å². The molecule has 1 N–H and O–H groups in total. The normalized spacial score (nSPS) is 15.7. The quantitative estimate of drug-likeness (QED) is 0.498. The van der Waals surface area contributed by atoms with Crippen LogP contribution < -0.4 is 5.32 Å². The number of aryl methyl sites for hydroxylation is 1. The molecule has 0 amide bonds. The van der Waals surface area contributed by atoms with Crippen LogP contribution in [0.15, 0.2) is 11.2 Å². The number of halogens is 1. The van der Waals surface area contributed by atoms with Crippen LogP contribution in [0.4, 0.5) is 0 Å². The Labute approximate surface area is 130 Å². The Morgan fingerprint density at radius 3 is 2.78 bits per heavy atom. The van der Waals surface area contributed by atoms with Gasteiger partial charge in [0, 0.05) is 31.2 Å². The van der Waals surface area contributed by atoms with Gasteiger partial charge in [-0.05, 0) is 19.3 Å². The molecule has 1 aromatic heterocycles. The number of rotatable bonds is 3. The molecule has 102 valence electrons. The van der Waals surface area contributed by atoms with Crippen LogP contribution in [0.3, 0.4) is 0 Å². The summed E-state index contributed by atoms with van der Waals surface area (Å²) in [4.78, 5) is 12.4. The maximum atomic E-state index is 4.40. The van der Waals surface area contributed by atoms with Gasteiger partial charge < -0.3 is 10.2 Å². The van der Waals surface area contributed by atoms with Crippen molar-refractivity contribution in [1.82, 2.24) is 15.2 Å². The third-order valence-corrected chi connectivity index (χ3v) is 4.11. The molecular weight excluding hydrogens is 359 g/mol. The zero-order chi connectivity index (χ0) is 12.1. The monoisotopic (exact) mass is 380 g/mol. The van der Waals surface area contributed by atoms with Crippen molar-refractivity contribution in [2.24, 2.45) is 4.99 Å². The summed E-state index contributed by atoms with van der Waals surface area (Å²) >= 11 is 1.78. The lowest BCUT2D eigenvalue weighted by Crippen LogP contribution is -2.39. The zero-order valence-electron chi connectivity index (χ0n) is 11.0. The molecule has 4 nitrogen and oxygen atoms in total. The fourth-order valence-corrected chi connectivity index (χ4v) is 2.81. The Morgan fingerprint density at radius 1 is 1.50 bits per heavy atom. The Balaban J connectivity index is 0.00000162. The zero-order valence-corrected chi connectivity index (χ0v) is 14.1. The van der Waals surface area contributed by atoms with Gasteiger partial charge in [0.2, 0.25) is 0 Å². The summed E-state index contributed by atoms with van der Waals surface area (Å²) in [5.41, 5.74) is 0. The van der Waals surface area contributed by atoms with Crippen LogP contribution >= 0.6 is 35.3 Å². The number of aromatic nitrogens is 1. The molecule has 1 aliphatic heterocycles. The lowest BCUT2D eigenvalue weighted by atomic mass is 10.4. The van der Waals surface area contributed by atoms with E-state index in [0.717, 1.165) is 37.0 Å². The lowest BCUT2D eigenvalue weighted by molar-refractivity contribution is 0.493. The molecule has 6 heteroatoms. The number of hydrogen-bond donors (Lipinski definition) is 1. The van der Waals surface area contributed by atoms with Crippen molar-refractivity contribution in [3.8, 4) is 0 Å². The second kappa shape index (κ2) is 7.93. The first-order valence-corrected chi connectivity index (χ1v) is 7.04. The minimum Gasteiger partial charge on any atom is -0.350 e. The van der Waals surface area contributed by atoms with Crippen molar-refractivity contribution in [2.45, 2.75) is 32.7 Å². The number of guanidine groups is 1. The molecule has 2 heterocycles. The highest BCUT2D eigenvalue weighted by Gasteiger charge is 2.15. The average Bonchev–Trinajstić information content (AvgIpc) is 3.00. The van der Waals surface area contributed by atoms with Gasteiger partial charge in [-0.25, -0.2) is 4.98 Å². The van der Waals surface area contributed by atoms with Crippen LogP contribution in [-0.4, -0.2) is 36.0 Å². The molecule has 0 radical (unpaired) electrons. The van der Waals surface area contributed by atoms with Crippen LogP contribution in [-0.2, 0) is 13.0 Å². The van der Waals surface area contributed by atoms with Crippen molar-refractivity contribution >= 4 is 41.3 Å². The standard InChI is InChI=1S/C12H20N4S.HI/c1-3-10-8-14-11(17-10)9-15-12(13-2)16-6-4-5-7-16;/h8H,3-7,9H2,1-2H3,(H,13,15);1H. The molecule has 0 aliphatic carbocycles. The first kappa shape index (κ1) is 15.7. The molecule has 1 fully saturated rings. The van der Waals surface area contributed by atoms with E-state index in [-0.39, 0.29) is 24.0 Å². The molecule has 2 rings (SSSR count). The summed E-state index contributed by atoms with van der Waals surface area (Å²) < 4.78 is 0. The van der Waals surface area contributed by atoms with Crippen molar-refractivity contribution < 1.29 is 0 Å². The van der Waals surface area contributed by atoms with Gasteiger partial charge in [0.05, 0.1) is 6.54 Å². The predicted octanol–water partition coefficient (Wildman–Crippen LogP) is 2.49. The topological polar surface area (TPSA) is 40.5 Å². The van der Waals surface area contributed by atoms with Crippen molar-refractivity contribution in [3.63, 3.8) is 0 Å². The number of nitrogens with one attached hydrogen (secondary N) is 1. The molecule has 1 aromatic rings. The van der Waals surface area contributed by atoms with E-state index in [4.69, 9.17) is 0 Å². The number of nitrogens with zero attached hydrogens (tertiary/aromatic N) is 3. The Hall–Kier alpha value is -0.370. The van der Waals surface area contributed by atoms with Crippen molar-refractivity contribution in [3.05, 3.63) is 16.1 Å². The van der Waals surface area contributed by atoms with Gasteiger partial charge in [-0.15, -0.1) is 35.3 Å². The first-order chi connectivity index (χ1) is 8.33. The summed E-state index contributed by atoms with van der Waals surface area (Å²) in [5, 5.41) is 4.53. The molecule has 1 aliphatic rings. The first-order valence-electron chi connectivity index (χ1n) is 6.22. The summed E-state index contributed by atoms with van der Waals surface area (Å²) in [6.45, 7) is 5.19. The summed E-state index contributed by atoms with van der Waals surface area (Å²) in [5.74, 6) is 1.01. The highest BCUT2D eigenvalue weighted by atomic mass is 127. The minimum absolute atomic E-state index is 0. The Bertz CT molecular complexity index is 385. The average molecular weight is 380 g/mol. The Morgan fingerprint density at radius 2 is 2.22 bits per heavy atom. The maximum absolute atomic E-state index is 4.40. The maximum Gasteiger partial charge on any atom is 0.193 e. The highest BCUT2D eigenvalue weighted by Crippen LogP contribution is 2.13. The van der Waals surface area contributed by atoms with Crippen LogP contribution in [0.2, 0.25) is 0 Å². The molecule has 0 unspecified atom stereocenters. The number of hydrogen-bond acceptors (Lipinski definition) is 3. The molecule has 0 saturated carbocycles. The van der Waals surface area contributed by atoms with Gasteiger partial charge in [-0.3, -0.25) is 4.99 Å². The van der Waals surface area contributed by atoms with Gasteiger partial charge in [0.25, 0.3) is 0 Å². The molecule has 0 bridgehead atoms. The van der Waals surface area contributed by atoms with Crippen LogP contribution in [0, 0.1) is 0 Å². The molecule has 0 spiro atoms. The van der Waals surface area contributed by atoms with E-state index < -0.39 is 0 Å². The molecule has 18 heavy (non-hydrogen) atoms. The molecular formula is C12H21IN4S. The second-order valence-electron chi connectivity index (χ2n) is 4.17. The SMILES string of the molecule is CCc1cnc(CNC(=NC)N2CCCC2)s1.I. The minimum atomic E-state index is 0. The van der Waals surface area contributed by atoms with Gasteiger partial charge in [0.1, 0.15) is 5.01 Å². The smallest absolute Gasteiger partial charge is 0.193 e. The molecule has 0 aromatic carbocycles. The fourth-order valence-electron chi connectivity index (χ4n) is 2.01. The van der Waals surface area contributed by atoms with Crippen LogP contribution in [0.25, 0.3) is 0 Å². The van der Waals surface area contributed by atoms with Gasteiger partial charge in [-0.1, -0.05) is 6.92 Å². The lowest BCUT2D eigenvalue weighted by Gasteiger charge is -2.20. The van der Waals surface area contributed by atoms with Gasteiger partial charge in [0.15, 0.2) is 5.96 Å². The van der Waals surface area contributed by atoms with Crippen molar-refractivity contribution in [2.75, 3.05) is 20.1 Å². The molecule has 0 atom stereocenters. The number of aliphatic imine (C=N–C) groups is 1. The third-order valence-electron chi connectivity index (χ3n) is 2.97. The van der Waals surface area contributed by atoms with E-state index in [9.17, 15) is 0 Å². The summed E-state index contributed by atoms with van der Waals surface area (Å²) in [6.07, 6.45) is 5.59. The fraction of sp³-hybridized carbons (Fsp3) is 0.667. The van der Waals surface area contributed by atoms with E-state index >= 15 is 0 Å². The molecule has 1 saturated heterocycles. The van der Waals surface area contributed by atoms with E-state index in [1.165, 1.54) is 17.7 Å². The highest BCUT2D eigenvalue weighted by molar-refractivity contribution is 14.0. The predicted molar refractivity (Wildman–Crippen MR) is 87.9 cm³/mol. The number of likely N-dealkylation sites (tertiary alicyclic amines) is 1.